The zero-order valence-corrected chi connectivity index (χ0v) is 18.5. The van der Waals surface area contributed by atoms with Crippen LogP contribution in [0.4, 0.5) is 29.3 Å². The van der Waals surface area contributed by atoms with Gasteiger partial charge in [0.1, 0.15) is 17.6 Å². The molecule has 1 aliphatic rings. The van der Waals surface area contributed by atoms with Crippen molar-refractivity contribution in [2.24, 2.45) is 0 Å². The Balaban J connectivity index is 1.59. The Labute approximate surface area is 198 Å². The van der Waals surface area contributed by atoms with Gasteiger partial charge >= 0.3 is 6.03 Å². The van der Waals surface area contributed by atoms with Crippen molar-refractivity contribution in [3.8, 4) is 5.75 Å². The second kappa shape index (κ2) is 9.88. The zero-order chi connectivity index (χ0) is 25.1. The largest absolute Gasteiger partial charge is 0.497 e. The predicted octanol–water partition coefficient (Wildman–Crippen LogP) is 4.48. The number of hydrogen-bond acceptors (Lipinski definition) is 4. The highest BCUT2D eigenvalue weighted by atomic mass is 19.2. The molecule has 1 saturated heterocycles. The van der Waals surface area contributed by atoms with Crippen LogP contribution >= 0.6 is 0 Å². The summed E-state index contributed by atoms with van der Waals surface area (Å²) in [5, 5.41) is 2.41. The number of rotatable bonds is 7. The van der Waals surface area contributed by atoms with Gasteiger partial charge in [0, 0.05) is 18.3 Å². The van der Waals surface area contributed by atoms with E-state index in [1.54, 1.807) is 24.3 Å². The second-order valence-electron chi connectivity index (χ2n) is 7.81. The summed E-state index contributed by atoms with van der Waals surface area (Å²) < 4.78 is 45.2. The van der Waals surface area contributed by atoms with E-state index in [1.165, 1.54) is 30.2 Å². The monoisotopic (exact) mass is 483 g/mol. The highest BCUT2D eigenvalue weighted by molar-refractivity contribution is 6.22. The highest BCUT2D eigenvalue weighted by Gasteiger charge is 2.46. The Morgan fingerprint density at radius 1 is 0.943 bits per heavy atom. The summed E-state index contributed by atoms with van der Waals surface area (Å²) >= 11 is 0. The topological polar surface area (TPSA) is 79.0 Å². The molecule has 0 saturated carbocycles. The van der Waals surface area contributed by atoms with Crippen LogP contribution < -0.4 is 15.0 Å². The number of ether oxygens (including phenoxy) is 1. The Hall–Kier alpha value is -4.34. The number of carbonyl (C=O) groups excluding carboxylic acids is 3. The van der Waals surface area contributed by atoms with Gasteiger partial charge in [0.2, 0.25) is 5.91 Å². The molecule has 1 atom stereocenters. The molecule has 10 heteroatoms. The Bertz CT molecular complexity index is 1270. The van der Waals surface area contributed by atoms with Gasteiger partial charge in [-0.25, -0.2) is 22.9 Å². The summed E-state index contributed by atoms with van der Waals surface area (Å²) in [6.07, 6.45) is -0.433. The maximum Gasteiger partial charge on any atom is 0.332 e. The normalized spacial score (nSPS) is 15.5. The lowest BCUT2D eigenvalue weighted by Crippen LogP contribution is -2.37. The van der Waals surface area contributed by atoms with Crippen molar-refractivity contribution in [1.29, 1.82) is 0 Å². The van der Waals surface area contributed by atoms with Crippen LogP contribution in [-0.2, 0) is 16.1 Å². The zero-order valence-electron chi connectivity index (χ0n) is 18.5. The summed E-state index contributed by atoms with van der Waals surface area (Å²) in [4.78, 5) is 41.3. The van der Waals surface area contributed by atoms with Gasteiger partial charge in [-0.2, -0.15) is 0 Å². The van der Waals surface area contributed by atoms with Gasteiger partial charge in [-0.05, 0) is 54.1 Å². The number of nitrogens with one attached hydrogen (secondary N) is 1. The van der Waals surface area contributed by atoms with E-state index >= 15 is 0 Å². The van der Waals surface area contributed by atoms with Crippen LogP contribution in [0.25, 0.3) is 0 Å². The first-order valence-electron chi connectivity index (χ1n) is 10.5. The van der Waals surface area contributed by atoms with Crippen LogP contribution in [-0.4, -0.2) is 35.9 Å². The maximum absolute atomic E-state index is 13.5. The molecule has 1 heterocycles. The molecule has 1 fully saturated rings. The van der Waals surface area contributed by atoms with Crippen LogP contribution in [0, 0.1) is 17.5 Å². The second-order valence-corrected chi connectivity index (χ2v) is 7.81. The molecule has 180 valence electrons. The van der Waals surface area contributed by atoms with E-state index in [-0.39, 0.29) is 17.9 Å². The number of hydrogen-bond donors (Lipinski definition) is 1. The van der Waals surface area contributed by atoms with Crippen LogP contribution in [0.5, 0.6) is 5.75 Å². The predicted molar refractivity (Wildman–Crippen MR) is 121 cm³/mol. The smallest absolute Gasteiger partial charge is 0.332 e. The molecular formula is C25H20F3N3O4. The number of anilines is 2. The van der Waals surface area contributed by atoms with E-state index in [0.717, 1.165) is 29.2 Å². The summed E-state index contributed by atoms with van der Waals surface area (Å²) in [6, 6.07) is 12.6. The molecule has 4 rings (SSSR count). The number of imide groups is 1. The number of nitrogens with zero attached hydrogens (tertiary/aromatic N) is 2. The average molecular weight is 483 g/mol. The van der Waals surface area contributed by atoms with Gasteiger partial charge in [-0.1, -0.05) is 12.1 Å². The molecule has 0 aromatic heterocycles. The van der Waals surface area contributed by atoms with Gasteiger partial charge in [0.05, 0.1) is 19.2 Å². The van der Waals surface area contributed by atoms with Crippen molar-refractivity contribution < 1.29 is 32.3 Å². The minimum Gasteiger partial charge on any atom is -0.497 e. The van der Waals surface area contributed by atoms with Crippen molar-refractivity contribution in [3.63, 3.8) is 0 Å². The van der Waals surface area contributed by atoms with E-state index in [4.69, 9.17) is 4.74 Å². The molecule has 1 unspecified atom stereocenters. The molecule has 0 spiro atoms. The van der Waals surface area contributed by atoms with Crippen molar-refractivity contribution in [1.82, 2.24) is 4.90 Å². The molecule has 0 radical (unpaired) electrons. The lowest BCUT2D eigenvalue weighted by atomic mass is 10.1. The molecule has 3 aromatic rings. The molecule has 3 aromatic carbocycles. The Morgan fingerprint density at radius 2 is 1.63 bits per heavy atom. The third kappa shape index (κ3) is 5.11. The fourth-order valence-electron chi connectivity index (χ4n) is 3.73. The first-order valence-corrected chi connectivity index (χ1v) is 10.5. The molecule has 35 heavy (non-hydrogen) atoms. The van der Waals surface area contributed by atoms with Crippen LogP contribution in [0.3, 0.4) is 0 Å². The lowest BCUT2D eigenvalue weighted by Gasteiger charge is -2.22. The average Bonchev–Trinajstić information content (AvgIpc) is 3.06. The van der Waals surface area contributed by atoms with E-state index in [0.29, 0.717) is 11.3 Å². The van der Waals surface area contributed by atoms with E-state index in [9.17, 15) is 27.6 Å². The van der Waals surface area contributed by atoms with Crippen LogP contribution in [0.15, 0.2) is 66.7 Å². The molecule has 1 N–H and O–H groups in total. The summed E-state index contributed by atoms with van der Waals surface area (Å²) in [5.41, 5.74) is 0.839. The minimum absolute atomic E-state index is 0.00256. The first kappa shape index (κ1) is 23.8. The molecule has 4 amide bonds. The summed E-state index contributed by atoms with van der Waals surface area (Å²) in [7, 11) is 1.51. The summed E-state index contributed by atoms with van der Waals surface area (Å²) in [5.74, 6) is -3.49. The highest BCUT2D eigenvalue weighted by Crippen LogP contribution is 2.29. The quantitative estimate of drug-likeness (QED) is 0.503. The Morgan fingerprint density at radius 3 is 2.26 bits per heavy atom. The third-order valence-electron chi connectivity index (χ3n) is 5.50. The van der Waals surface area contributed by atoms with Crippen molar-refractivity contribution in [2.45, 2.75) is 19.0 Å². The SMILES string of the molecule is COc1ccc(CN2C(=O)N(c3ccc(F)cc3)C(=O)C2CC(=O)Nc2ccc(F)c(F)c2)cc1. The standard InChI is InChI=1S/C25H20F3N3O4/c1-35-19-9-2-15(3-10-19)14-30-22(13-23(32)29-17-6-11-20(27)21(28)12-17)24(33)31(25(30)34)18-7-4-16(26)5-8-18/h2-12,22H,13-14H2,1H3,(H,29,32). The number of amides is 4. The summed E-state index contributed by atoms with van der Waals surface area (Å²) in [6.45, 7) is 0.00931. The minimum atomic E-state index is -1.18. The number of carbonyl (C=O) groups is 3. The van der Waals surface area contributed by atoms with Crippen LogP contribution in [0.1, 0.15) is 12.0 Å². The number of methoxy groups -OCH3 is 1. The maximum atomic E-state index is 13.5. The van der Waals surface area contributed by atoms with Crippen molar-refractivity contribution in [3.05, 3.63) is 89.7 Å². The van der Waals surface area contributed by atoms with E-state index < -0.39 is 47.8 Å². The number of urea groups is 1. The van der Waals surface area contributed by atoms with E-state index in [1.807, 2.05) is 0 Å². The van der Waals surface area contributed by atoms with Gasteiger partial charge in [0.25, 0.3) is 5.91 Å². The van der Waals surface area contributed by atoms with Crippen molar-refractivity contribution >= 4 is 29.2 Å². The fraction of sp³-hybridized carbons (Fsp3) is 0.160. The van der Waals surface area contributed by atoms with Gasteiger partial charge in [-0.3, -0.25) is 9.59 Å². The Kier molecular flexibility index (Phi) is 6.72. The van der Waals surface area contributed by atoms with Gasteiger partial charge in [-0.15, -0.1) is 0 Å². The third-order valence-corrected chi connectivity index (χ3v) is 5.50. The van der Waals surface area contributed by atoms with Crippen molar-refractivity contribution in [2.75, 3.05) is 17.3 Å². The molecule has 0 aliphatic carbocycles. The van der Waals surface area contributed by atoms with Gasteiger partial charge < -0.3 is 15.0 Å². The number of benzene rings is 3. The molecule has 0 bridgehead atoms. The fourth-order valence-corrected chi connectivity index (χ4v) is 3.73. The van der Waals surface area contributed by atoms with Gasteiger partial charge in [0.15, 0.2) is 11.6 Å². The van der Waals surface area contributed by atoms with Crippen LogP contribution in [0.2, 0.25) is 0 Å². The lowest BCUT2D eigenvalue weighted by molar-refractivity contribution is -0.124. The molecular weight excluding hydrogens is 463 g/mol. The number of halogens is 3. The molecule has 1 aliphatic heterocycles. The van der Waals surface area contributed by atoms with E-state index in [2.05, 4.69) is 5.32 Å². The molecule has 7 nitrogen and oxygen atoms in total. The first-order chi connectivity index (χ1) is 16.8.